The largest absolute Gasteiger partial charge is 0.465 e. The predicted octanol–water partition coefficient (Wildman–Crippen LogP) is 1.63. The van der Waals surface area contributed by atoms with Gasteiger partial charge in [-0.3, -0.25) is 0 Å². The standard InChI is InChI=1S/C13H19N3O2/c1-15(13(17)18)7-8-16-6-2-3-10-4-5-11(14)9-12(10)16/h4-5,9H,2-3,6-8,14H2,1H3,(H,17,18). The highest BCUT2D eigenvalue weighted by molar-refractivity contribution is 5.65. The average molecular weight is 249 g/mol. The van der Waals surface area contributed by atoms with Crippen LogP contribution in [-0.2, 0) is 6.42 Å². The van der Waals surface area contributed by atoms with Gasteiger partial charge in [0, 0.05) is 38.1 Å². The lowest BCUT2D eigenvalue weighted by atomic mass is 10.0. The second-order valence-corrected chi connectivity index (χ2v) is 4.68. The Bertz CT molecular complexity index is 448. The Balaban J connectivity index is 2.08. The van der Waals surface area contributed by atoms with E-state index in [2.05, 4.69) is 11.0 Å². The normalized spacial score (nSPS) is 14.2. The predicted molar refractivity (Wildman–Crippen MR) is 72.0 cm³/mol. The molecule has 0 bridgehead atoms. The molecule has 18 heavy (non-hydrogen) atoms. The quantitative estimate of drug-likeness (QED) is 0.799. The molecule has 1 aliphatic rings. The number of rotatable bonds is 3. The van der Waals surface area contributed by atoms with Crippen LogP contribution in [0.2, 0.25) is 0 Å². The van der Waals surface area contributed by atoms with Crippen LogP contribution in [0.1, 0.15) is 12.0 Å². The Kier molecular flexibility index (Phi) is 3.60. The third-order valence-electron chi connectivity index (χ3n) is 3.36. The van der Waals surface area contributed by atoms with Crippen molar-refractivity contribution in [3.8, 4) is 0 Å². The molecule has 2 rings (SSSR count). The van der Waals surface area contributed by atoms with E-state index in [0.717, 1.165) is 30.8 Å². The van der Waals surface area contributed by atoms with Crippen molar-refractivity contribution in [1.82, 2.24) is 4.90 Å². The minimum absolute atomic E-state index is 0.504. The molecule has 1 amide bonds. The summed E-state index contributed by atoms with van der Waals surface area (Å²) in [4.78, 5) is 14.3. The Morgan fingerprint density at radius 2 is 2.33 bits per heavy atom. The second kappa shape index (κ2) is 5.16. The first-order valence-electron chi connectivity index (χ1n) is 6.15. The monoisotopic (exact) mass is 249 g/mol. The molecule has 0 saturated heterocycles. The van der Waals surface area contributed by atoms with Crippen molar-refractivity contribution in [2.24, 2.45) is 0 Å². The summed E-state index contributed by atoms with van der Waals surface area (Å²) in [7, 11) is 1.59. The van der Waals surface area contributed by atoms with Crippen molar-refractivity contribution >= 4 is 17.5 Å². The Morgan fingerprint density at radius 1 is 1.56 bits per heavy atom. The van der Waals surface area contributed by atoms with E-state index >= 15 is 0 Å². The third-order valence-corrected chi connectivity index (χ3v) is 3.36. The maximum atomic E-state index is 10.8. The van der Waals surface area contributed by atoms with E-state index in [4.69, 9.17) is 10.8 Å². The SMILES string of the molecule is CN(CCN1CCCc2ccc(N)cc21)C(=O)O. The van der Waals surface area contributed by atoms with Crippen LogP contribution in [0.4, 0.5) is 16.2 Å². The summed E-state index contributed by atoms with van der Waals surface area (Å²) >= 11 is 0. The molecule has 0 radical (unpaired) electrons. The van der Waals surface area contributed by atoms with Gasteiger partial charge in [-0.25, -0.2) is 4.79 Å². The number of amides is 1. The van der Waals surface area contributed by atoms with E-state index in [0.29, 0.717) is 13.1 Å². The molecule has 98 valence electrons. The zero-order valence-corrected chi connectivity index (χ0v) is 10.6. The molecule has 5 nitrogen and oxygen atoms in total. The molecular formula is C13H19N3O2. The summed E-state index contributed by atoms with van der Waals surface area (Å²) in [6.45, 7) is 2.17. The number of anilines is 2. The maximum absolute atomic E-state index is 10.8. The maximum Gasteiger partial charge on any atom is 0.407 e. The van der Waals surface area contributed by atoms with Crippen molar-refractivity contribution in [1.29, 1.82) is 0 Å². The van der Waals surface area contributed by atoms with Gasteiger partial charge in [0.2, 0.25) is 0 Å². The number of likely N-dealkylation sites (N-methyl/N-ethyl adjacent to an activating group) is 1. The lowest BCUT2D eigenvalue weighted by Crippen LogP contribution is -2.38. The van der Waals surface area contributed by atoms with Crippen LogP contribution in [0.5, 0.6) is 0 Å². The smallest absolute Gasteiger partial charge is 0.407 e. The van der Waals surface area contributed by atoms with Crippen molar-refractivity contribution < 1.29 is 9.90 Å². The number of aryl methyl sites for hydroxylation is 1. The van der Waals surface area contributed by atoms with Crippen LogP contribution in [0, 0.1) is 0 Å². The van der Waals surface area contributed by atoms with Crippen molar-refractivity contribution in [2.75, 3.05) is 37.3 Å². The van der Waals surface area contributed by atoms with Gasteiger partial charge in [-0.15, -0.1) is 0 Å². The number of benzene rings is 1. The van der Waals surface area contributed by atoms with Crippen molar-refractivity contribution in [2.45, 2.75) is 12.8 Å². The minimum Gasteiger partial charge on any atom is -0.465 e. The van der Waals surface area contributed by atoms with Gasteiger partial charge in [0.1, 0.15) is 0 Å². The second-order valence-electron chi connectivity index (χ2n) is 4.68. The van der Waals surface area contributed by atoms with Gasteiger partial charge < -0.3 is 20.6 Å². The number of carbonyl (C=O) groups is 1. The van der Waals surface area contributed by atoms with Crippen LogP contribution in [0.25, 0.3) is 0 Å². The van der Waals surface area contributed by atoms with Crippen LogP contribution in [-0.4, -0.2) is 42.8 Å². The number of nitrogens with zero attached hydrogens (tertiary/aromatic N) is 2. The van der Waals surface area contributed by atoms with E-state index in [1.54, 1.807) is 7.05 Å². The minimum atomic E-state index is -0.889. The zero-order chi connectivity index (χ0) is 13.1. The third kappa shape index (κ3) is 2.67. The number of fused-ring (bicyclic) bond motifs is 1. The highest BCUT2D eigenvalue weighted by Crippen LogP contribution is 2.28. The van der Waals surface area contributed by atoms with Gasteiger partial charge in [-0.2, -0.15) is 0 Å². The summed E-state index contributed by atoms with van der Waals surface area (Å²) in [5.41, 5.74) is 9.03. The molecule has 5 heteroatoms. The van der Waals surface area contributed by atoms with Crippen molar-refractivity contribution in [3.63, 3.8) is 0 Å². The van der Waals surface area contributed by atoms with Gasteiger partial charge in [0.05, 0.1) is 0 Å². The molecule has 1 aromatic rings. The van der Waals surface area contributed by atoms with Crippen molar-refractivity contribution in [3.05, 3.63) is 23.8 Å². The summed E-state index contributed by atoms with van der Waals surface area (Å²) in [5, 5.41) is 8.84. The number of nitrogen functional groups attached to an aromatic ring is 1. The Hall–Kier alpha value is -1.91. The molecule has 0 fully saturated rings. The highest BCUT2D eigenvalue weighted by atomic mass is 16.4. The van der Waals surface area contributed by atoms with E-state index < -0.39 is 6.09 Å². The van der Waals surface area contributed by atoms with Gasteiger partial charge in [0.25, 0.3) is 0 Å². The molecule has 0 spiro atoms. The fraction of sp³-hybridized carbons (Fsp3) is 0.462. The molecule has 1 heterocycles. The van der Waals surface area contributed by atoms with Crippen LogP contribution in [0.3, 0.4) is 0 Å². The first-order valence-corrected chi connectivity index (χ1v) is 6.15. The summed E-state index contributed by atoms with van der Waals surface area (Å²) in [6, 6.07) is 5.97. The molecule has 1 aromatic carbocycles. The number of hydrogen-bond donors (Lipinski definition) is 2. The van der Waals surface area contributed by atoms with Gasteiger partial charge in [-0.05, 0) is 30.5 Å². The summed E-state index contributed by atoms with van der Waals surface area (Å²) in [6.07, 6.45) is 1.29. The number of nitrogens with two attached hydrogens (primary N) is 1. The van der Waals surface area contributed by atoms with Crippen LogP contribution >= 0.6 is 0 Å². The number of carboxylic acid groups (broad SMARTS) is 1. The fourth-order valence-corrected chi connectivity index (χ4v) is 2.27. The van der Waals surface area contributed by atoms with E-state index in [1.165, 1.54) is 10.5 Å². The molecule has 0 saturated carbocycles. The van der Waals surface area contributed by atoms with Gasteiger partial charge >= 0.3 is 6.09 Å². The van der Waals surface area contributed by atoms with Crippen LogP contribution in [0.15, 0.2) is 18.2 Å². The number of hydrogen-bond acceptors (Lipinski definition) is 3. The molecular weight excluding hydrogens is 230 g/mol. The van der Waals surface area contributed by atoms with Gasteiger partial charge in [0.15, 0.2) is 0 Å². The summed E-state index contributed by atoms with van der Waals surface area (Å²) < 4.78 is 0. The van der Waals surface area contributed by atoms with E-state index in [9.17, 15) is 4.79 Å². The van der Waals surface area contributed by atoms with Crippen LogP contribution < -0.4 is 10.6 Å². The Labute approximate surface area is 107 Å². The van der Waals surface area contributed by atoms with E-state index in [-0.39, 0.29) is 0 Å². The fourth-order valence-electron chi connectivity index (χ4n) is 2.27. The first-order chi connectivity index (χ1) is 8.58. The molecule has 0 atom stereocenters. The average Bonchev–Trinajstić information content (AvgIpc) is 2.35. The molecule has 0 unspecified atom stereocenters. The Morgan fingerprint density at radius 3 is 3.06 bits per heavy atom. The lowest BCUT2D eigenvalue weighted by molar-refractivity contribution is 0.157. The molecule has 3 N–H and O–H groups in total. The lowest BCUT2D eigenvalue weighted by Gasteiger charge is -2.32. The molecule has 0 aliphatic carbocycles. The summed E-state index contributed by atoms with van der Waals surface area (Å²) in [5.74, 6) is 0. The topological polar surface area (TPSA) is 69.8 Å². The zero-order valence-electron chi connectivity index (χ0n) is 10.6. The molecule has 1 aliphatic heterocycles. The molecule has 0 aromatic heterocycles. The van der Waals surface area contributed by atoms with Gasteiger partial charge in [-0.1, -0.05) is 6.07 Å². The van der Waals surface area contributed by atoms with E-state index in [1.807, 2.05) is 12.1 Å². The first kappa shape index (κ1) is 12.5. The highest BCUT2D eigenvalue weighted by Gasteiger charge is 2.17.